The van der Waals surface area contributed by atoms with Crippen LogP contribution in [0.4, 0.5) is 11.4 Å². The number of Topliss-reactive ketones (excluding diaryl/α,β-unsaturated/α-hetero) is 1. The minimum absolute atomic E-state index is 0.0628. The van der Waals surface area contributed by atoms with E-state index in [0.29, 0.717) is 35.7 Å². The van der Waals surface area contributed by atoms with Gasteiger partial charge in [0.1, 0.15) is 5.75 Å². The van der Waals surface area contributed by atoms with E-state index < -0.39 is 6.04 Å². The van der Waals surface area contributed by atoms with Crippen LogP contribution >= 0.6 is 0 Å². The van der Waals surface area contributed by atoms with Gasteiger partial charge in [0.05, 0.1) is 45.9 Å². The topological polar surface area (TPSA) is 78.1 Å². The number of ketones is 1. The highest BCUT2D eigenvalue weighted by Gasteiger charge is 2.38. The normalized spacial score (nSPS) is 18.7. The fraction of sp³-hybridized carbons (Fsp3) is 0.276. The maximum atomic E-state index is 13.8. The van der Waals surface area contributed by atoms with Crippen LogP contribution in [0.25, 0.3) is 0 Å². The zero-order valence-electron chi connectivity index (χ0n) is 20.9. The van der Waals surface area contributed by atoms with Crippen molar-refractivity contribution in [2.75, 3.05) is 39.1 Å². The molecule has 0 saturated carbocycles. The van der Waals surface area contributed by atoms with Crippen molar-refractivity contribution >= 4 is 17.2 Å². The van der Waals surface area contributed by atoms with E-state index in [2.05, 4.69) is 10.6 Å². The Labute approximate surface area is 211 Å². The van der Waals surface area contributed by atoms with Gasteiger partial charge in [-0.3, -0.25) is 4.79 Å². The largest absolute Gasteiger partial charge is 0.497 e. The number of methoxy groups -OCH3 is 4. The number of anilines is 2. The molecule has 7 nitrogen and oxygen atoms in total. The van der Waals surface area contributed by atoms with Gasteiger partial charge in [0.15, 0.2) is 17.3 Å². The van der Waals surface area contributed by atoms with Crippen LogP contribution in [0.15, 0.2) is 71.9 Å². The Kier molecular flexibility index (Phi) is 6.46. The quantitative estimate of drug-likeness (QED) is 0.463. The third kappa shape index (κ3) is 4.11. The maximum Gasteiger partial charge on any atom is 0.203 e. The molecule has 1 aliphatic carbocycles. The molecule has 2 aliphatic rings. The molecule has 2 atom stereocenters. The van der Waals surface area contributed by atoms with Crippen molar-refractivity contribution in [3.63, 3.8) is 0 Å². The number of carbonyl (C=O) groups excluding carboxylic acids is 1. The Morgan fingerprint density at radius 1 is 0.750 bits per heavy atom. The molecule has 7 heteroatoms. The number of allylic oxidation sites excluding steroid dienone is 1. The summed E-state index contributed by atoms with van der Waals surface area (Å²) in [5.41, 5.74) is 5.37. The number of fused-ring (bicyclic) bond motifs is 1. The van der Waals surface area contributed by atoms with Gasteiger partial charge in [0.25, 0.3) is 0 Å². The number of hydrogen-bond donors (Lipinski definition) is 2. The van der Waals surface area contributed by atoms with Crippen LogP contribution in [0.5, 0.6) is 23.0 Å². The number of benzene rings is 3. The molecular formula is C29H30N2O5. The van der Waals surface area contributed by atoms with Gasteiger partial charge in [-0.05, 0) is 54.3 Å². The second kappa shape index (κ2) is 9.85. The first-order chi connectivity index (χ1) is 17.6. The zero-order valence-corrected chi connectivity index (χ0v) is 20.9. The van der Waals surface area contributed by atoms with Crippen molar-refractivity contribution in [2.45, 2.75) is 24.8 Å². The molecule has 1 heterocycles. The van der Waals surface area contributed by atoms with E-state index in [4.69, 9.17) is 18.9 Å². The van der Waals surface area contributed by atoms with E-state index in [1.54, 1.807) is 28.4 Å². The average molecular weight is 487 g/mol. The number of carbonyl (C=O) groups is 1. The van der Waals surface area contributed by atoms with E-state index in [1.807, 2.05) is 60.7 Å². The lowest BCUT2D eigenvalue weighted by atomic mass is 9.78. The number of ether oxygens (including phenoxy) is 4. The van der Waals surface area contributed by atoms with E-state index in [0.717, 1.165) is 33.9 Å². The van der Waals surface area contributed by atoms with Crippen LogP contribution in [0, 0.1) is 0 Å². The van der Waals surface area contributed by atoms with Gasteiger partial charge in [-0.25, -0.2) is 0 Å². The predicted molar refractivity (Wildman–Crippen MR) is 140 cm³/mol. The Morgan fingerprint density at radius 2 is 1.47 bits per heavy atom. The van der Waals surface area contributed by atoms with Gasteiger partial charge in [0.2, 0.25) is 5.75 Å². The molecule has 0 bridgehead atoms. The molecule has 0 amide bonds. The van der Waals surface area contributed by atoms with Crippen LogP contribution in [0.1, 0.15) is 35.9 Å². The lowest BCUT2D eigenvalue weighted by molar-refractivity contribution is -0.116. The maximum absolute atomic E-state index is 13.8. The van der Waals surface area contributed by atoms with Crippen LogP contribution in [0.2, 0.25) is 0 Å². The number of hydrogen-bond acceptors (Lipinski definition) is 7. The van der Waals surface area contributed by atoms with Crippen molar-refractivity contribution < 1.29 is 23.7 Å². The summed E-state index contributed by atoms with van der Waals surface area (Å²) in [6.07, 6.45) is 1.12. The number of rotatable bonds is 6. The van der Waals surface area contributed by atoms with Crippen molar-refractivity contribution in [3.8, 4) is 23.0 Å². The highest BCUT2D eigenvalue weighted by Crippen LogP contribution is 2.49. The van der Waals surface area contributed by atoms with Gasteiger partial charge in [-0.15, -0.1) is 0 Å². The first kappa shape index (κ1) is 23.6. The molecule has 36 heavy (non-hydrogen) atoms. The van der Waals surface area contributed by atoms with Crippen LogP contribution in [-0.2, 0) is 4.79 Å². The molecule has 186 valence electrons. The fourth-order valence-corrected chi connectivity index (χ4v) is 5.19. The summed E-state index contributed by atoms with van der Waals surface area (Å²) in [5.74, 6) is 2.54. The summed E-state index contributed by atoms with van der Waals surface area (Å²) in [5, 5.41) is 7.18. The highest BCUT2D eigenvalue weighted by molar-refractivity contribution is 6.01. The zero-order chi connectivity index (χ0) is 25.2. The molecule has 3 aromatic carbocycles. The van der Waals surface area contributed by atoms with E-state index in [-0.39, 0.29) is 11.7 Å². The Morgan fingerprint density at radius 3 is 2.14 bits per heavy atom. The van der Waals surface area contributed by atoms with E-state index in [9.17, 15) is 4.79 Å². The second-order valence-corrected chi connectivity index (χ2v) is 8.87. The molecule has 5 rings (SSSR count). The third-order valence-electron chi connectivity index (χ3n) is 6.94. The summed E-state index contributed by atoms with van der Waals surface area (Å²) in [7, 11) is 6.42. The van der Waals surface area contributed by atoms with Crippen LogP contribution in [0.3, 0.4) is 0 Å². The number of nitrogens with one attached hydrogen (secondary N) is 2. The second-order valence-electron chi connectivity index (χ2n) is 8.87. The van der Waals surface area contributed by atoms with Gasteiger partial charge in [-0.1, -0.05) is 24.3 Å². The molecule has 1 aliphatic heterocycles. The lowest BCUT2D eigenvalue weighted by Gasteiger charge is -2.31. The molecule has 0 saturated heterocycles. The molecule has 0 radical (unpaired) electrons. The average Bonchev–Trinajstić information content (AvgIpc) is 3.09. The molecular weight excluding hydrogens is 456 g/mol. The summed E-state index contributed by atoms with van der Waals surface area (Å²) >= 11 is 0. The number of para-hydroxylation sites is 2. The van der Waals surface area contributed by atoms with Gasteiger partial charge in [-0.2, -0.15) is 0 Å². The third-order valence-corrected chi connectivity index (χ3v) is 6.94. The van der Waals surface area contributed by atoms with Crippen molar-refractivity contribution in [1.82, 2.24) is 0 Å². The summed E-state index contributed by atoms with van der Waals surface area (Å²) in [6.45, 7) is 0. The van der Waals surface area contributed by atoms with Crippen molar-refractivity contribution in [3.05, 3.63) is 83.1 Å². The monoisotopic (exact) mass is 486 g/mol. The van der Waals surface area contributed by atoms with Crippen molar-refractivity contribution in [1.29, 1.82) is 0 Å². The minimum atomic E-state index is -0.435. The molecule has 0 aromatic heterocycles. The molecule has 0 fully saturated rings. The van der Waals surface area contributed by atoms with Gasteiger partial charge < -0.3 is 29.6 Å². The minimum Gasteiger partial charge on any atom is -0.497 e. The molecule has 0 unspecified atom stereocenters. The standard InChI is InChI=1S/C29H30N2O5/c1-33-19-11-9-17(10-12-19)18-15-23-26(24(32)16-18)27(31-22-8-6-5-7-21(22)30-23)20-13-14-25(34-2)29(36-4)28(20)35-3/h5-14,18,27,30-31H,15-16H2,1-4H3/t18-,27+/m0/s1. The van der Waals surface area contributed by atoms with Crippen LogP contribution < -0.4 is 29.6 Å². The fourth-order valence-electron chi connectivity index (χ4n) is 5.19. The Balaban J connectivity index is 1.64. The van der Waals surface area contributed by atoms with Gasteiger partial charge in [0, 0.05) is 23.3 Å². The predicted octanol–water partition coefficient (Wildman–Crippen LogP) is 5.70. The highest BCUT2D eigenvalue weighted by atomic mass is 16.5. The first-order valence-corrected chi connectivity index (χ1v) is 11.9. The first-order valence-electron chi connectivity index (χ1n) is 11.9. The lowest BCUT2D eigenvalue weighted by Crippen LogP contribution is -2.27. The molecule has 0 spiro atoms. The van der Waals surface area contributed by atoms with Crippen LogP contribution in [-0.4, -0.2) is 34.2 Å². The SMILES string of the molecule is COc1ccc([C@@H]2CC(=O)C3=C(C2)Nc2ccccc2N[C@@H]3c2ccc(OC)c(OC)c2OC)cc1. The van der Waals surface area contributed by atoms with E-state index in [1.165, 1.54) is 0 Å². The molecule has 3 aromatic rings. The Bertz CT molecular complexity index is 1320. The molecule has 2 N–H and O–H groups in total. The van der Waals surface area contributed by atoms with E-state index >= 15 is 0 Å². The van der Waals surface area contributed by atoms with Crippen molar-refractivity contribution in [2.24, 2.45) is 0 Å². The summed E-state index contributed by atoms with van der Waals surface area (Å²) in [4.78, 5) is 13.8. The summed E-state index contributed by atoms with van der Waals surface area (Å²) in [6, 6.07) is 19.3. The summed E-state index contributed by atoms with van der Waals surface area (Å²) < 4.78 is 22.2. The Hall–Kier alpha value is -4.13. The van der Waals surface area contributed by atoms with Gasteiger partial charge >= 0.3 is 0 Å². The smallest absolute Gasteiger partial charge is 0.203 e.